The van der Waals surface area contributed by atoms with Gasteiger partial charge in [0.05, 0.1) is 26.4 Å². The fourth-order valence-corrected chi connectivity index (χ4v) is 16.0. The van der Waals surface area contributed by atoms with E-state index in [-0.39, 0.29) is 68.4 Å². The molecule has 0 spiro atoms. The lowest BCUT2D eigenvalue weighted by Crippen LogP contribution is -2.68. The molecule has 0 aromatic carbocycles. The Morgan fingerprint density at radius 1 is 0.351 bits per heavy atom. The molecule has 1 unspecified atom stereocenters. The average Bonchev–Trinajstić information content (AvgIpc) is 0.770. The van der Waals surface area contributed by atoms with Gasteiger partial charge in [-0.2, -0.15) is 11.8 Å². The van der Waals surface area contributed by atoms with Crippen LogP contribution in [0, 0.1) is 0 Å². The third-order valence-corrected chi connectivity index (χ3v) is 23.5. The average molecular weight is 1660 g/mol. The molecule has 2 amide bonds. The minimum Gasteiger partial charge on any atom is -0.462 e. The highest BCUT2D eigenvalue weighted by molar-refractivity contribution is 7.99. The molecule has 4 heterocycles. The van der Waals surface area contributed by atoms with Crippen molar-refractivity contribution in [2.45, 2.75) is 451 Å². The number of hydrogen-bond donors (Lipinski definition) is 15. The van der Waals surface area contributed by atoms with Gasteiger partial charge >= 0.3 is 11.9 Å². The van der Waals surface area contributed by atoms with Crippen LogP contribution >= 0.6 is 11.8 Å². The highest BCUT2D eigenvalue weighted by atomic mass is 32.2. The van der Waals surface area contributed by atoms with Crippen LogP contribution in [0.3, 0.4) is 0 Å². The molecule has 15 N–H and O–H groups in total. The van der Waals surface area contributed by atoms with E-state index >= 15 is 0 Å². The zero-order valence-corrected chi connectivity index (χ0v) is 70.3. The molecular formula is C84H156N2O27S. The molecule has 114 heavy (non-hydrogen) atoms. The summed E-state index contributed by atoms with van der Waals surface area (Å²) < 4.78 is 59.1. The summed E-state index contributed by atoms with van der Waals surface area (Å²) in [6.45, 7) is 3.17. The van der Waals surface area contributed by atoms with Crippen LogP contribution < -0.4 is 10.6 Å². The van der Waals surface area contributed by atoms with E-state index in [1.54, 1.807) is 0 Å². The van der Waals surface area contributed by atoms with Gasteiger partial charge < -0.3 is 124 Å². The number of aliphatic hydroxyl groups excluding tert-OH is 13. The summed E-state index contributed by atoms with van der Waals surface area (Å²) >= 11 is 1.32. The van der Waals surface area contributed by atoms with Crippen LogP contribution in [0.2, 0.25) is 0 Å². The maximum atomic E-state index is 14.2. The van der Waals surface area contributed by atoms with Gasteiger partial charge in [0.1, 0.15) is 116 Å². The molecule has 0 aliphatic carbocycles. The summed E-state index contributed by atoms with van der Waals surface area (Å²) in [5.74, 6) is -1.06. The van der Waals surface area contributed by atoms with Crippen molar-refractivity contribution in [3.05, 3.63) is 0 Å². The molecule has 4 aliphatic rings. The Balaban J connectivity index is 1.41. The maximum absolute atomic E-state index is 14.2. The molecule has 4 aliphatic heterocycles. The zero-order chi connectivity index (χ0) is 83.1. The number of nitrogens with one attached hydrogen (secondary N) is 2. The van der Waals surface area contributed by atoms with E-state index in [1.165, 1.54) is 179 Å². The summed E-state index contributed by atoms with van der Waals surface area (Å²) in [5, 5.41) is 145. The van der Waals surface area contributed by atoms with Crippen molar-refractivity contribution in [2.24, 2.45) is 0 Å². The van der Waals surface area contributed by atoms with Crippen LogP contribution in [0.1, 0.15) is 316 Å². The summed E-state index contributed by atoms with van der Waals surface area (Å²) in [5.41, 5.74) is 0. The van der Waals surface area contributed by atoms with E-state index in [0.717, 1.165) is 64.2 Å². The minimum absolute atomic E-state index is 0.115. The van der Waals surface area contributed by atoms with Crippen LogP contribution in [0.15, 0.2) is 0 Å². The Morgan fingerprint density at radius 2 is 0.702 bits per heavy atom. The van der Waals surface area contributed by atoms with Gasteiger partial charge in [-0.05, 0) is 32.1 Å². The minimum atomic E-state index is -2.04. The molecule has 4 fully saturated rings. The highest BCUT2D eigenvalue weighted by Crippen LogP contribution is 2.36. The van der Waals surface area contributed by atoms with Gasteiger partial charge in [0.15, 0.2) is 25.2 Å². The van der Waals surface area contributed by atoms with E-state index in [9.17, 15) is 85.6 Å². The van der Waals surface area contributed by atoms with E-state index in [4.69, 9.17) is 47.4 Å². The van der Waals surface area contributed by atoms with Crippen molar-refractivity contribution in [3.63, 3.8) is 0 Å². The number of amides is 2. The molecule has 0 bridgehead atoms. The SMILES string of the molecule is CCCCCCCCCCCCCCCC(=O)NC(CSC[C@@H](COC(=O)CCCCCCCCCCCCCCC)OC(=O)CCCCCCCCCCCCCCC)C(=O)NCCCCCCO[C@H]1O[C@H](CO)[C@@H](O[C@@H]2O[C@H](CO)[C@H](O)[C@H](O)[C@H]2O)[C@H](O)[C@@H]1O[C@H]1O[C@H](CO)[C@@H](O)[C@H](O)[C@@H]1O[C@H]1O[C@H](CO)[C@@H](O)[C@H](O)[C@@H]1O. The third-order valence-electron chi connectivity index (χ3n) is 22.3. The largest absolute Gasteiger partial charge is 0.462 e. The summed E-state index contributed by atoms with van der Waals surface area (Å²) in [6.07, 6.45) is 10.8. The number of unbranched alkanes of at least 4 members (excludes halogenated alkanes) is 39. The van der Waals surface area contributed by atoms with Crippen LogP contribution in [-0.2, 0) is 66.5 Å². The number of carbonyl (C=O) groups is 4. The first-order chi connectivity index (χ1) is 55.3. The van der Waals surface area contributed by atoms with Crippen molar-refractivity contribution >= 4 is 35.5 Å². The first-order valence-electron chi connectivity index (χ1n) is 44.5. The number of rotatable bonds is 69. The Hall–Kier alpha value is -2.61. The first kappa shape index (κ1) is 104. The predicted molar refractivity (Wildman–Crippen MR) is 430 cm³/mol. The quantitative estimate of drug-likeness (QED) is 0.0202. The highest BCUT2D eigenvalue weighted by Gasteiger charge is 2.56. The van der Waals surface area contributed by atoms with Gasteiger partial charge in [0.25, 0.3) is 0 Å². The molecule has 29 nitrogen and oxygen atoms in total. The molecular weight excluding hydrogens is 1500 g/mol. The topological polar surface area (TPSA) is 448 Å². The molecule has 0 aromatic heterocycles. The van der Waals surface area contributed by atoms with Crippen molar-refractivity contribution in [3.8, 4) is 0 Å². The van der Waals surface area contributed by atoms with Crippen LogP contribution in [0.4, 0.5) is 0 Å². The van der Waals surface area contributed by atoms with E-state index in [1.807, 2.05) is 0 Å². The van der Waals surface area contributed by atoms with Crippen molar-refractivity contribution < 1.29 is 133 Å². The van der Waals surface area contributed by atoms with E-state index in [0.29, 0.717) is 44.9 Å². The van der Waals surface area contributed by atoms with E-state index < -0.39 is 167 Å². The number of esters is 2. The first-order valence-corrected chi connectivity index (χ1v) is 45.7. The second-order valence-electron chi connectivity index (χ2n) is 32.1. The van der Waals surface area contributed by atoms with Crippen LogP contribution in [0.25, 0.3) is 0 Å². The van der Waals surface area contributed by atoms with Crippen molar-refractivity contribution in [1.29, 1.82) is 0 Å². The maximum Gasteiger partial charge on any atom is 0.306 e. The Bertz CT molecular complexity index is 2400. The van der Waals surface area contributed by atoms with Gasteiger partial charge in [-0.3, -0.25) is 19.2 Å². The Morgan fingerprint density at radius 3 is 1.14 bits per heavy atom. The molecule has 0 saturated carbocycles. The molecule has 30 heteroatoms. The van der Waals surface area contributed by atoms with Crippen molar-refractivity contribution in [1.82, 2.24) is 10.6 Å². The lowest BCUT2D eigenvalue weighted by molar-refractivity contribution is -0.402. The number of ether oxygens (including phenoxy) is 10. The Kier molecular flexibility index (Phi) is 58.5. The molecule has 22 atom stereocenters. The van der Waals surface area contributed by atoms with Gasteiger partial charge in [-0.1, -0.05) is 265 Å². The molecule has 0 aromatic rings. The smallest absolute Gasteiger partial charge is 0.306 e. The zero-order valence-electron chi connectivity index (χ0n) is 69.5. The molecule has 4 rings (SSSR count). The molecule has 0 radical (unpaired) electrons. The molecule has 670 valence electrons. The fraction of sp³-hybridized carbons (Fsp3) is 0.952. The summed E-state index contributed by atoms with van der Waals surface area (Å²) in [4.78, 5) is 54.5. The predicted octanol–water partition coefficient (Wildman–Crippen LogP) is 8.07. The third kappa shape index (κ3) is 41.3. The van der Waals surface area contributed by atoms with Crippen molar-refractivity contribution in [2.75, 3.05) is 57.7 Å². The number of hydrogen-bond acceptors (Lipinski definition) is 28. The number of carbonyl (C=O) groups excluding carboxylic acids is 4. The monoisotopic (exact) mass is 1660 g/mol. The van der Waals surface area contributed by atoms with Crippen LogP contribution in [0.5, 0.6) is 0 Å². The molecule has 4 saturated heterocycles. The Labute approximate surface area is 684 Å². The normalized spacial score (nSPS) is 28.5. The fourth-order valence-electron chi connectivity index (χ4n) is 15.0. The number of thioether (sulfide) groups is 1. The summed E-state index contributed by atoms with van der Waals surface area (Å²) in [7, 11) is 0. The standard InChI is InChI=1S/C84H156N2O27S/c1-4-7-10-13-16-19-22-25-28-31-34-37-42-47-65(91)86-60(58-114-57-59(106-67(93)49-44-39-36-33-30-27-24-21-18-15-12-9-6-3)56-105-66(92)48-43-38-35-32-29-26-23-20-17-14-11-8-5-2)80(103)85-50-45-40-41-46-51-104-83-79(76(102)77(64(55-90)110-83)111-81-74(100)71(97)68(94)61(52-87)107-81)113-84-78(73(99)70(96)63(54-89)109-84)112-82-75(101)72(98)69(95)62(53-88)108-82/h59-64,68-79,81-84,87-90,94-102H,4-58H2,1-3H3,(H,85,103)(H,86,91)/t59-,60?,61-,62-,63-,64-,68+,69-,70-,71+,72+,73+,74-,75+,76+,77-,78+,79+,81+,82-,83+,84-/m1/s1. The van der Waals surface area contributed by atoms with Gasteiger partial charge in [0.2, 0.25) is 11.8 Å². The second-order valence-corrected chi connectivity index (χ2v) is 33.2. The van der Waals surface area contributed by atoms with Gasteiger partial charge in [0, 0.05) is 43.9 Å². The van der Waals surface area contributed by atoms with Gasteiger partial charge in [-0.25, -0.2) is 0 Å². The second kappa shape index (κ2) is 64.2. The lowest BCUT2D eigenvalue weighted by Gasteiger charge is -2.49. The summed E-state index contributed by atoms with van der Waals surface area (Å²) in [6, 6.07) is -0.958. The van der Waals surface area contributed by atoms with Gasteiger partial charge in [-0.15, -0.1) is 0 Å². The lowest BCUT2D eigenvalue weighted by atomic mass is 9.95. The van der Waals surface area contributed by atoms with E-state index in [2.05, 4.69) is 31.4 Å². The van der Waals surface area contributed by atoms with Crippen LogP contribution in [-0.4, -0.2) is 283 Å². The number of aliphatic hydroxyl groups is 13.